The summed E-state index contributed by atoms with van der Waals surface area (Å²) in [7, 11) is 0. The molecule has 0 radical (unpaired) electrons. The number of aryl methyl sites for hydroxylation is 3. The number of ketones is 1. The normalized spacial score (nSPS) is 13.9. The minimum Gasteiger partial charge on any atom is -0.378 e. The van der Waals surface area contributed by atoms with Crippen LogP contribution in [0.25, 0.3) is 10.9 Å². The molecule has 0 saturated carbocycles. The molecule has 1 aromatic heterocycles. The number of Topliss-reactive ketones (excluding diaryl/α,β-unsaturated/α-hetero) is 1. The number of rotatable bonds is 5. The molecule has 0 bridgehead atoms. The van der Waals surface area contributed by atoms with Gasteiger partial charge in [0.25, 0.3) is 11.7 Å². The first-order valence-electron chi connectivity index (χ1n) is 10.7. The first-order chi connectivity index (χ1) is 15.3. The molecule has 1 aliphatic rings. The minimum atomic E-state index is -0.692. The van der Waals surface area contributed by atoms with Crippen LogP contribution in [0, 0.1) is 20.8 Å². The van der Waals surface area contributed by atoms with Crippen molar-refractivity contribution in [1.29, 1.82) is 0 Å². The number of morpholine rings is 1. The van der Waals surface area contributed by atoms with Gasteiger partial charge in [0.15, 0.2) is 0 Å². The summed E-state index contributed by atoms with van der Waals surface area (Å²) in [5, 5.41) is 3.44. The van der Waals surface area contributed by atoms with Crippen LogP contribution in [0.3, 0.4) is 0 Å². The highest BCUT2D eigenvalue weighted by molar-refractivity contribution is 6.48. The van der Waals surface area contributed by atoms with E-state index in [0.29, 0.717) is 37.4 Å². The maximum atomic E-state index is 13.1. The maximum absolute atomic E-state index is 13.1. The first-order valence-corrected chi connectivity index (χ1v) is 10.7. The molecule has 7 nitrogen and oxygen atoms in total. The second kappa shape index (κ2) is 8.96. The van der Waals surface area contributed by atoms with Gasteiger partial charge in [0, 0.05) is 35.9 Å². The lowest BCUT2D eigenvalue weighted by molar-refractivity contribution is -0.135. The van der Waals surface area contributed by atoms with Crippen LogP contribution < -0.4 is 5.32 Å². The number of benzene rings is 2. The average molecular weight is 434 g/mol. The van der Waals surface area contributed by atoms with Gasteiger partial charge in [-0.05, 0) is 38.0 Å². The lowest BCUT2D eigenvalue weighted by Crippen LogP contribution is -2.42. The molecule has 0 unspecified atom stereocenters. The van der Waals surface area contributed by atoms with Crippen molar-refractivity contribution in [2.45, 2.75) is 27.3 Å². The first kappa shape index (κ1) is 21.8. The molecule has 32 heavy (non-hydrogen) atoms. The van der Waals surface area contributed by atoms with Crippen LogP contribution in [-0.2, 0) is 20.9 Å². The summed E-state index contributed by atoms with van der Waals surface area (Å²) in [5.74, 6) is -1.36. The van der Waals surface area contributed by atoms with E-state index in [1.54, 1.807) is 21.7 Å². The van der Waals surface area contributed by atoms with Crippen molar-refractivity contribution in [3.63, 3.8) is 0 Å². The summed E-state index contributed by atoms with van der Waals surface area (Å²) >= 11 is 0. The highest BCUT2D eigenvalue weighted by atomic mass is 16.5. The number of nitrogens with one attached hydrogen (secondary N) is 1. The van der Waals surface area contributed by atoms with Crippen LogP contribution in [0.5, 0.6) is 0 Å². The Morgan fingerprint density at radius 3 is 2.34 bits per heavy atom. The summed E-state index contributed by atoms with van der Waals surface area (Å²) in [5.41, 5.74) is 4.59. The zero-order valence-corrected chi connectivity index (χ0v) is 18.6. The molecule has 1 saturated heterocycles. The van der Waals surface area contributed by atoms with Gasteiger partial charge in [0.05, 0.1) is 18.8 Å². The van der Waals surface area contributed by atoms with Gasteiger partial charge >= 0.3 is 0 Å². The molecular weight excluding hydrogens is 406 g/mol. The number of hydrogen-bond acceptors (Lipinski definition) is 4. The quantitative estimate of drug-likeness (QED) is 0.495. The third-order valence-corrected chi connectivity index (χ3v) is 5.82. The van der Waals surface area contributed by atoms with E-state index in [1.165, 1.54) is 0 Å². The van der Waals surface area contributed by atoms with Crippen molar-refractivity contribution in [2.24, 2.45) is 0 Å². The number of nitrogens with zero attached hydrogens (tertiary/aromatic N) is 2. The van der Waals surface area contributed by atoms with Crippen LogP contribution in [-0.4, -0.2) is 53.4 Å². The molecule has 4 rings (SSSR count). The molecule has 2 aromatic carbocycles. The van der Waals surface area contributed by atoms with Crippen LogP contribution in [0.15, 0.2) is 42.6 Å². The van der Waals surface area contributed by atoms with E-state index in [2.05, 4.69) is 5.32 Å². The largest absolute Gasteiger partial charge is 0.378 e. The zero-order valence-electron chi connectivity index (χ0n) is 18.6. The third kappa shape index (κ3) is 4.29. The number of ether oxygens (including phenoxy) is 1. The van der Waals surface area contributed by atoms with Gasteiger partial charge < -0.3 is 19.5 Å². The number of anilines is 1. The van der Waals surface area contributed by atoms with E-state index in [-0.39, 0.29) is 18.0 Å². The second-order valence-electron chi connectivity index (χ2n) is 8.24. The Balaban J connectivity index is 1.60. The maximum Gasteiger partial charge on any atom is 0.296 e. The van der Waals surface area contributed by atoms with Gasteiger partial charge in [-0.2, -0.15) is 0 Å². The molecule has 1 fully saturated rings. The molecular formula is C25H27N3O4. The molecule has 1 aliphatic heterocycles. The van der Waals surface area contributed by atoms with E-state index in [9.17, 15) is 14.4 Å². The number of para-hydroxylation sites is 1. The SMILES string of the molecule is Cc1cc(C)c(NC(=O)C(=O)c2cn(CC(=O)N3CCOCC3)c3ccccc23)c(C)c1. The summed E-state index contributed by atoms with van der Waals surface area (Å²) in [6.45, 7) is 8.07. The van der Waals surface area contributed by atoms with Crippen molar-refractivity contribution in [2.75, 3.05) is 31.6 Å². The summed E-state index contributed by atoms with van der Waals surface area (Å²) < 4.78 is 7.06. The van der Waals surface area contributed by atoms with Gasteiger partial charge in [-0.3, -0.25) is 14.4 Å². The third-order valence-electron chi connectivity index (χ3n) is 5.82. The number of carbonyl (C=O) groups is 3. The fourth-order valence-electron chi connectivity index (χ4n) is 4.29. The Labute approximate surface area is 187 Å². The number of aromatic nitrogens is 1. The van der Waals surface area contributed by atoms with Crippen LogP contribution in [0.4, 0.5) is 5.69 Å². The molecule has 1 N–H and O–H groups in total. The highest BCUT2D eigenvalue weighted by Gasteiger charge is 2.24. The number of hydrogen-bond donors (Lipinski definition) is 1. The van der Waals surface area contributed by atoms with Crippen LogP contribution >= 0.6 is 0 Å². The standard InChI is InChI=1S/C25H27N3O4/c1-16-12-17(2)23(18(3)13-16)26-25(31)24(30)20-14-28(21-7-5-4-6-19(20)21)15-22(29)27-8-10-32-11-9-27/h4-7,12-14H,8-11,15H2,1-3H3,(H,26,31). The zero-order chi connectivity index (χ0) is 22.8. The van der Waals surface area contributed by atoms with E-state index in [1.807, 2.05) is 51.1 Å². The molecule has 3 aromatic rings. The van der Waals surface area contributed by atoms with Crippen molar-refractivity contribution >= 4 is 34.2 Å². The lowest BCUT2D eigenvalue weighted by Gasteiger charge is -2.27. The molecule has 166 valence electrons. The molecule has 2 heterocycles. The van der Waals surface area contributed by atoms with E-state index >= 15 is 0 Å². The van der Waals surface area contributed by atoms with Crippen molar-refractivity contribution in [3.05, 3.63) is 64.8 Å². The number of carbonyl (C=O) groups excluding carboxylic acids is 3. The van der Waals surface area contributed by atoms with Crippen LogP contribution in [0.2, 0.25) is 0 Å². The van der Waals surface area contributed by atoms with Gasteiger partial charge in [-0.1, -0.05) is 35.9 Å². The van der Waals surface area contributed by atoms with Gasteiger partial charge in [0.2, 0.25) is 5.91 Å². The fourth-order valence-corrected chi connectivity index (χ4v) is 4.29. The van der Waals surface area contributed by atoms with E-state index in [4.69, 9.17) is 4.74 Å². The minimum absolute atomic E-state index is 0.0385. The number of amides is 2. The van der Waals surface area contributed by atoms with Crippen molar-refractivity contribution in [3.8, 4) is 0 Å². The topological polar surface area (TPSA) is 80.6 Å². The van der Waals surface area contributed by atoms with E-state index in [0.717, 1.165) is 22.2 Å². The molecule has 0 spiro atoms. The van der Waals surface area contributed by atoms with Crippen molar-refractivity contribution in [1.82, 2.24) is 9.47 Å². The predicted octanol–water partition coefficient (Wildman–Crippen LogP) is 3.25. The molecule has 0 atom stereocenters. The van der Waals surface area contributed by atoms with Crippen molar-refractivity contribution < 1.29 is 19.1 Å². The Hall–Kier alpha value is -3.45. The average Bonchev–Trinajstić information content (AvgIpc) is 3.14. The molecule has 0 aliphatic carbocycles. The monoisotopic (exact) mass is 433 g/mol. The fraction of sp³-hybridized carbons (Fsp3) is 0.320. The summed E-state index contributed by atoms with van der Waals surface area (Å²) in [4.78, 5) is 40.5. The smallest absolute Gasteiger partial charge is 0.296 e. The summed E-state index contributed by atoms with van der Waals surface area (Å²) in [6, 6.07) is 11.3. The molecule has 2 amide bonds. The second-order valence-corrected chi connectivity index (χ2v) is 8.24. The highest BCUT2D eigenvalue weighted by Crippen LogP contribution is 2.25. The van der Waals surface area contributed by atoms with Gasteiger partial charge in [0.1, 0.15) is 6.54 Å². The van der Waals surface area contributed by atoms with Gasteiger partial charge in [-0.25, -0.2) is 0 Å². The molecule has 7 heteroatoms. The van der Waals surface area contributed by atoms with Gasteiger partial charge in [-0.15, -0.1) is 0 Å². The number of fused-ring (bicyclic) bond motifs is 1. The Kier molecular flexibility index (Phi) is 6.10. The summed E-state index contributed by atoms with van der Waals surface area (Å²) in [6.07, 6.45) is 1.61. The Morgan fingerprint density at radius 1 is 1.00 bits per heavy atom. The predicted molar refractivity (Wildman–Crippen MR) is 123 cm³/mol. The van der Waals surface area contributed by atoms with E-state index < -0.39 is 11.7 Å². The lowest BCUT2D eigenvalue weighted by atomic mass is 10.0. The van der Waals surface area contributed by atoms with Crippen LogP contribution in [0.1, 0.15) is 27.0 Å². The Bertz CT molecular complexity index is 1180. The Morgan fingerprint density at radius 2 is 1.66 bits per heavy atom.